The molecular formula is C10H15NS. The van der Waals surface area contributed by atoms with Gasteiger partial charge in [0.1, 0.15) is 0 Å². The van der Waals surface area contributed by atoms with Crippen LogP contribution in [0.15, 0.2) is 16.8 Å². The molecule has 0 bridgehead atoms. The summed E-state index contributed by atoms with van der Waals surface area (Å²) in [4.78, 5) is 0. The third-order valence-electron chi connectivity index (χ3n) is 2.54. The summed E-state index contributed by atoms with van der Waals surface area (Å²) in [5.74, 6) is 0.962. The van der Waals surface area contributed by atoms with E-state index in [9.17, 15) is 0 Å². The fourth-order valence-electron chi connectivity index (χ4n) is 1.43. The maximum absolute atomic E-state index is 3.55. The topological polar surface area (TPSA) is 12.0 Å². The van der Waals surface area contributed by atoms with Crippen LogP contribution in [-0.4, -0.2) is 6.04 Å². The Morgan fingerprint density at radius 3 is 3.08 bits per heavy atom. The first kappa shape index (κ1) is 8.27. The van der Waals surface area contributed by atoms with E-state index in [-0.39, 0.29) is 0 Å². The first-order valence-electron chi connectivity index (χ1n) is 4.61. The lowest BCUT2D eigenvalue weighted by molar-refractivity contribution is 0.496. The van der Waals surface area contributed by atoms with Crippen LogP contribution in [-0.2, 0) is 6.54 Å². The van der Waals surface area contributed by atoms with Crippen molar-refractivity contribution in [3.8, 4) is 0 Å². The van der Waals surface area contributed by atoms with Crippen molar-refractivity contribution in [2.24, 2.45) is 5.92 Å². The number of hydrogen-bond acceptors (Lipinski definition) is 2. The lowest BCUT2D eigenvalue weighted by Gasteiger charge is -2.11. The van der Waals surface area contributed by atoms with Crippen molar-refractivity contribution in [3.63, 3.8) is 0 Å². The predicted molar refractivity (Wildman–Crippen MR) is 53.3 cm³/mol. The van der Waals surface area contributed by atoms with Gasteiger partial charge in [-0.2, -0.15) is 11.3 Å². The van der Waals surface area contributed by atoms with Crippen LogP contribution < -0.4 is 5.32 Å². The van der Waals surface area contributed by atoms with Crippen molar-refractivity contribution in [3.05, 3.63) is 22.4 Å². The monoisotopic (exact) mass is 181 g/mol. The van der Waals surface area contributed by atoms with E-state index in [1.807, 2.05) is 0 Å². The summed E-state index contributed by atoms with van der Waals surface area (Å²) in [7, 11) is 0. The van der Waals surface area contributed by atoms with Crippen LogP contribution in [0.4, 0.5) is 0 Å². The second-order valence-corrected chi connectivity index (χ2v) is 4.42. The third-order valence-corrected chi connectivity index (χ3v) is 3.27. The molecule has 1 unspecified atom stereocenters. The summed E-state index contributed by atoms with van der Waals surface area (Å²) in [6, 6.07) is 2.90. The van der Waals surface area contributed by atoms with Gasteiger partial charge in [-0.25, -0.2) is 0 Å². The zero-order valence-electron chi connectivity index (χ0n) is 7.42. The van der Waals surface area contributed by atoms with Gasteiger partial charge in [-0.15, -0.1) is 0 Å². The van der Waals surface area contributed by atoms with Crippen LogP contribution in [0.3, 0.4) is 0 Å². The van der Waals surface area contributed by atoms with Crippen LogP contribution >= 0.6 is 11.3 Å². The molecule has 12 heavy (non-hydrogen) atoms. The number of hydrogen-bond donors (Lipinski definition) is 1. The van der Waals surface area contributed by atoms with Crippen molar-refractivity contribution in [1.29, 1.82) is 0 Å². The fraction of sp³-hybridized carbons (Fsp3) is 0.600. The summed E-state index contributed by atoms with van der Waals surface area (Å²) in [6.45, 7) is 3.34. The van der Waals surface area contributed by atoms with Crippen molar-refractivity contribution in [2.75, 3.05) is 0 Å². The van der Waals surface area contributed by atoms with Crippen LogP contribution in [0.25, 0.3) is 0 Å². The number of nitrogens with one attached hydrogen (secondary N) is 1. The van der Waals surface area contributed by atoms with E-state index in [0.717, 1.165) is 12.5 Å². The van der Waals surface area contributed by atoms with E-state index in [2.05, 4.69) is 29.1 Å². The quantitative estimate of drug-likeness (QED) is 0.753. The second kappa shape index (κ2) is 3.58. The highest BCUT2D eigenvalue weighted by Gasteiger charge is 2.27. The Morgan fingerprint density at radius 2 is 2.50 bits per heavy atom. The second-order valence-electron chi connectivity index (χ2n) is 3.64. The molecule has 0 amide bonds. The molecule has 66 valence electrons. The Balaban J connectivity index is 1.74. The van der Waals surface area contributed by atoms with Crippen LogP contribution in [0.5, 0.6) is 0 Å². The SMILES string of the molecule is CC(NCc1ccsc1)C1CC1. The third kappa shape index (κ3) is 2.08. The highest BCUT2D eigenvalue weighted by atomic mass is 32.1. The summed E-state index contributed by atoms with van der Waals surface area (Å²) in [5.41, 5.74) is 1.42. The average molecular weight is 181 g/mol. The smallest absolute Gasteiger partial charge is 0.0216 e. The molecule has 1 aliphatic carbocycles. The summed E-state index contributed by atoms with van der Waals surface area (Å²) in [6.07, 6.45) is 2.86. The van der Waals surface area contributed by atoms with Gasteiger partial charge in [0.05, 0.1) is 0 Å². The van der Waals surface area contributed by atoms with E-state index in [1.54, 1.807) is 11.3 Å². The molecule has 0 saturated heterocycles. The van der Waals surface area contributed by atoms with E-state index in [4.69, 9.17) is 0 Å². The van der Waals surface area contributed by atoms with Gasteiger partial charge in [0.2, 0.25) is 0 Å². The molecule has 1 aromatic rings. The average Bonchev–Trinajstić information content (AvgIpc) is 2.80. The molecule has 2 rings (SSSR count). The largest absolute Gasteiger partial charge is 0.310 e. The van der Waals surface area contributed by atoms with E-state index < -0.39 is 0 Å². The van der Waals surface area contributed by atoms with Gasteiger partial charge >= 0.3 is 0 Å². The molecule has 1 atom stereocenters. The molecule has 1 aliphatic rings. The molecular weight excluding hydrogens is 166 g/mol. The Bertz CT molecular complexity index is 226. The molecule has 0 aromatic carbocycles. The van der Waals surface area contributed by atoms with Gasteiger partial charge in [0.25, 0.3) is 0 Å². The first-order valence-corrected chi connectivity index (χ1v) is 5.55. The Kier molecular flexibility index (Phi) is 2.47. The minimum absolute atomic E-state index is 0.713. The van der Waals surface area contributed by atoms with Gasteiger partial charge in [-0.3, -0.25) is 0 Å². The predicted octanol–water partition coefficient (Wildman–Crippen LogP) is 2.64. The first-order chi connectivity index (χ1) is 5.86. The molecule has 1 fully saturated rings. The highest BCUT2D eigenvalue weighted by Crippen LogP contribution is 2.32. The molecule has 0 radical (unpaired) electrons. The number of rotatable bonds is 4. The fourth-order valence-corrected chi connectivity index (χ4v) is 2.10. The zero-order valence-corrected chi connectivity index (χ0v) is 8.23. The van der Waals surface area contributed by atoms with Crippen molar-refractivity contribution in [1.82, 2.24) is 5.32 Å². The molecule has 0 spiro atoms. The molecule has 0 aliphatic heterocycles. The molecule has 1 saturated carbocycles. The van der Waals surface area contributed by atoms with Gasteiger partial charge in [0.15, 0.2) is 0 Å². The molecule has 1 N–H and O–H groups in total. The van der Waals surface area contributed by atoms with Crippen LogP contribution in [0.1, 0.15) is 25.3 Å². The molecule has 1 aromatic heterocycles. The Hall–Kier alpha value is -0.340. The minimum Gasteiger partial charge on any atom is -0.310 e. The lowest BCUT2D eigenvalue weighted by Crippen LogP contribution is -2.26. The van der Waals surface area contributed by atoms with Crippen molar-refractivity contribution in [2.45, 2.75) is 32.4 Å². The van der Waals surface area contributed by atoms with Gasteiger partial charge in [-0.1, -0.05) is 0 Å². The Morgan fingerprint density at radius 1 is 1.67 bits per heavy atom. The highest BCUT2D eigenvalue weighted by molar-refractivity contribution is 7.07. The van der Waals surface area contributed by atoms with Crippen molar-refractivity contribution >= 4 is 11.3 Å². The lowest BCUT2D eigenvalue weighted by atomic mass is 10.2. The number of thiophene rings is 1. The van der Waals surface area contributed by atoms with Gasteiger partial charge in [-0.05, 0) is 48.1 Å². The minimum atomic E-state index is 0.713. The van der Waals surface area contributed by atoms with E-state index >= 15 is 0 Å². The normalized spacial score (nSPS) is 19.4. The van der Waals surface area contributed by atoms with E-state index in [0.29, 0.717) is 6.04 Å². The Labute approximate surface area is 77.8 Å². The summed E-state index contributed by atoms with van der Waals surface area (Å²) >= 11 is 1.78. The van der Waals surface area contributed by atoms with Crippen LogP contribution in [0.2, 0.25) is 0 Å². The van der Waals surface area contributed by atoms with Gasteiger partial charge in [0, 0.05) is 12.6 Å². The molecule has 1 heterocycles. The van der Waals surface area contributed by atoms with Gasteiger partial charge < -0.3 is 5.32 Å². The zero-order chi connectivity index (χ0) is 8.39. The van der Waals surface area contributed by atoms with Crippen LogP contribution in [0, 0.1) is 5.92 Å². The van der Waals surface area contributed by atoms with Crippen molar-refractivity contribution < 1.29 is 0 Å². The summed E-state index contributed by atoms with van der Waals surface area (Å²) in [5, 5.41) is 7.91. The maximum atomic E-state index is 3.55. The maximum Gasteiger partial charge on any atom is 0.0216 e. The summed E-state index contributed by atoms with van der Waals surface area (Å²) < 4.78 is 0. The standard InChI is InChI=1S/C10H15NS/c1-8(10-2-3-10)11-6-9-4-5-12-7-9/h4-5,7-8,10-11H,2-3,6H2,1H3. The molecule has 2 heteroatoms. The van der Waals surface area contributed by atoms with E-state index in [1.165, 1.54) is 18.4 Å². The molecule has 1 nitrogen and oxygen atoms in total.